The second-order valence-corrected chi connectivity index (χ2v) is 7.68. The Morgan fingerprint density at radius 2 is 1.41 bits per heavy atom. The Hall–Kier alpha value is -3.34. The molecule has 3 aromatic rings. The highest BCUT2D eigenvalue weighted by molar-refractivity contribution is 5.87. The lowest BCUT2D eigenvalue weighted by molar-refractivity contribution is 0.0693. The first-order valence-electron chi connectivity index (χ1n) is 9.80. The molecule has 1 aromatic heterocycles. The summed E-state index contributed by atoms with van der Waals surface area (Å²) in [5.41, 5.74) is 1.22. The molecule has 4 rings (SSSR count). The lowest BCUT2D eigenvalue weighted by Gasteiger charge is -2.42. The molecular formula is C24H23NO4. The number of rotatable bonds is 4. The van der Waals surface area contributed by atoms with E-state index in [0.717, 1.165) is 25.7 Å². The SMILES string of the molecule is O=C(O)c1cn(C2CCC(c3ccccc3)(c3ccccc3)CC2)cc(O)c1=O. The molecule has 148 valence electrons. The lowest BCUT2D eigenvalue weighted by Crippen LogP contribution is -2.34. The number of aromatic nitrogens is 1. The van der Waals surface area contributed by atoms with Crippen LogP contribution in [0.4, 0.5) is 0 Å². The average Bonchev–Trinajstić information content (AvgIpc) is 2.76. The van der Waals surface area contributed by atoms with E-state index >= 15 is 0 Å². The van der Waals surface area contributed by atoms with Crippen LogP contribution in [0.2, 0.25) is 0 Å². The van der Waals surface area contributed by atoms with E-state index in [-0.39, 0.29) is 11.5 Å². The van der Waals surface area contributed by atoms with Crippen molar-refractivity contribution >= 4 is 5.97 Å². The van der Waals surface area contributed by atoms with E-state index in [1.54, 1.807) is 4.57 Å². The van der Waals surface area contributed by atoms with Gasteiger partial charge in [-0.05, 0) is 36.8 Å². The third-order valence-electron chi connectivity index (χ3n) is 6.14. The Morgan fingerprint density at radius 3 is 1.90 bits per heavy atom. The maximum absolute atomic E-state index is 11.9. The van der Waals surface area contributed by atoms with Crippen molar-refractivity contribution in [3.05, 3.63) is 100.0 Å². The molecule has 0 saturated heterocycles. The molecule has 0 aliphatic heterocycles. The Bertz CT molecular complexity index is 1020. The lowest BCUT2D eigenvalue weighted by atomic mass is 9.64. The minimum atomic E-state index is -1.32. The van der Waals surface area contributed by atoms with Crippen LogP contribution in [0.3, 0.4) is 0 Å². The van der Waals surface area contributed by atoms with Gasteiger partial charge >= 0.3 is 5.97 Å². The fraction of sp³-hybridized carbons (Fsp3) is 0.250. The third kappa shape index (κ3) is 3.44. The molecule has 1 fully saturated rings. The van der Waals surface area contributed by atoms with Gasteiger partial charge in [0, 0.05) is 17.7 Å². The zero-order chi connectivity index (χ0) is 20.4. The van der Waals surface area contributed by atoms with Crippen LogP contribution in [-0.2, 0) is 5.41 Å². The predicted octanol–water partition coefficient (Wildman–Crippen LogP) is 4.35. The first-order chi connectivity index (χ1) is 14.0. The van der Waals surface area contributed by atoms with Crippen LogP contribution < -0.4 is 5.43 Å². The zero-order valence-electron chi connectivity index (χ0n) is 16.0. The number of aromatic carboxylic acids is 1. The third-order valence-corrected chi connectivity index (χ3v) is 6.14. The monoisotopic (exact) mass is 389 g/mol. The highest BCUT2D eigenvalue weighted by Crippen LogP contribution is 2.47. The molecule has 1 aliphatic rings. The van der Waals surface area contributed by atoms with E-state index in [2.05, 4.69) is 48.5 Å². The second-order valence-electron chi connectivity index (χ2n) is 7.68. The van der Waals surface area contributed by atoms with Crippen LogP contribution in [0, 0.1) is 0 Å². The molecule has 2 N–H and O–H groups in total. The Balaban J connectivity index is 1.68. The van der Waals surface area contributed by atoms with Crippen molar-refractivity contribution in [1.29, 1.82) is 0 Å². The van der Waals surface area contributed by atoms with E-state index in [0.29, 0.717) is 0 Å². The molecule has 5 heteroatoms. The van der Waals surface area contributed by atoms with E-state index in [1.807, 2.05) is 12.1 Å². The van der Waals surface area contributed by atoms with Crippen LogP contribution in [-0.4, -0.2) is 20.7 Å². The number of aromatic hydroxyl groups is 1. The molecular weight excluding hydrogens is 366 g/mol. The number of carbonyl (C=O) groups is 1. The van der Waals surface area contributed by atoms with Crippen molar-refractivity contribution in [1.82, 2.24) is 4.57 Å². The van der Waals surface area contributed by atoms with Crippen LogP contribution in [0.5, 0.6) is 5.75 Å². The molecule has 5 nitrogen and oxygen atoms in total. The Labute approximate surface area is 168 Å². The Kier molecular flexibility index (Phi) is 4.97. The summed E-state index contributed by atoms with van der Waals surface area (Å²) in [6, 6.07) is 21.0. The first-order valence-corrected chi connectivity index (χ1v) is 9.80. The molecule has 0 atom stereocenters. The van der Waals surface area contributed by atoms with Gasteiger partial charge in [-0.1, -0.05) is 60.7 Å². The molecule has 29 heavy (non-hydrogen) atoms. The van der Waals surface area contributed by atoms with E-state index in [1.165, 1.54) is 23.5 Å². The van der Waals surface area contributed by atoms with Crippen LogP contribution in [0.15, 0.2) is 77.9 Å². The van der Waals surface area contributed by atoms with Crippen LogP contribution in [0.25, 0.3) is 0 Å². The second kappa shape index (κ2) is 7.59. The predicted molar refractivity (Wildman–Crippen MR) is 110 cm³/mol. The van der Waals surface area contributed by atoms with Gasteiger partial charge in [0.15, 0.2) is 5.75 Å². The van der Waals surface area contributed by atoms with Gasteiger partial charge < -0.3 is 14.8 Å². The quantitative estimate of drug-likeness (QED) is 0.695. The number of nitrogens with zero attached hydrogens (tertiary/aromatic N) is 1. The molecule has 0 unspecified atom stereocenters. The minimum Gasteiger partial charge on any atom is -0.503 e. The standard InChI is InChI=1S/C24H23NO4/c26-21-16-25(15-20(22(21)27)23(28)29)19-11-13-24(14-12-19,17-7-3-1-4-8-17)18-9-5-2-6-10-18/h1-10,15-16,19,26H,11-14H2,(H,28,29). The van der Waals surface area contributed by atoms with Gasteiger partial charge in [-0.2, -0.15) is 0 Å². The van der Waals surface area contributed by atoms with Gasteiger partial charge in [0.1, 0.15) is 5.56 Å². The van der Waals surface area contributed by atoms with Crippen molar-refractivity contribution < 1.29 is 15.0 Å². The van der Waals surface area contributed by atoms with Gasteiger partial charge in [-0.25, -0.2) is 4.79 Å². The molecule has 0 bridgehead atoms. The molecule has 1 heterocycles. The van der Waals surface area contributed by atoms with E-state index in [9.17, 15) is 19.8 Å². The van der Waals surface area contributed by atoms with Crippen LogP contribution >= 0.6 is 0 Å². The fourth-order valence-corrected chi connectivity index (χ4v) is 4.60. The van der Waals surface area contributed by atoms with Gasteiger partial charge in [0.25, 0.3) is 0 Å². The number of hydrogen-bond donors (Lipinski definition) is 2. The fourth-order valence-electron chi connectivity index (χ4n) is 4.60. The normalized spacial score (nSPS) is 16.4. The molecule has 0 spiro atoms. The maximum Gasteiger partial charge on any atom is 0.341 e. The van der Waals surface area contributed by atoms with Gasteiger partial charge in [0.2, 0.25) is 5.43 Å². The van der Waals surface area contributed by atoms with Gasteiger partial charge in [0.05, 0.1) is 6.20 Å². The molecule has 0 radical (unpaired) electrons. The number of carboxylic acid groups (broad SMARTS) is 1. The summed E-state index contributed by atoms with van der Waals surface area (Å²) >= 11 is 0. The van der Waals surface area contributed by atoms with Crippen LogP contribution in [0.1, 0.15) is 53.2 Å². The van der Waals surface area contributed by atoms with E-state index in [4.69, 9.17) is 0 Å². The largest absolute Gasteiger partial charge is 0.503 e. The number of pyridine rings is 1. The minimum absolute atomic E-state index is 0.0279. The summed E-state index contributed by atoms with van der Waals surface area (Å²) in [5, 5.41) is 19.2. The van der Waals surface area contributed by atoms with Crippen molar-refractivity contribution in [2.45, 2.75) is 37.1 Å². The number of hydrogen-bond acceptors (Lipinski definition) is 3. The van der Waals surface area contributed by atoms with E-state index < -0.39 is 22.7 Å². The van der Waals surface area contributed by atoms with Gasteiger partial charge in [-0.3, -0.25) is 4.79 Å². The van der Waals surface area contributed by atoms with Crippen molar-refractivity contribution in [2.24, 2.45) is 0 Å². The zero-order valence-corrected chi connectivity index (χ0v) is 16.0. The molecule has 2 aromatic carbocycles. The summed E-state index contributed by atoms with van der Waals surface area (Å²) < 4.78 is 1.69. The summed E-state index contributed by atoms with van der Waals surface area (Å²) in [5.74, 6) is -1.84. The smallest absolute Gasteiger partial charge is 0.341 e. The number of benzene rings is 2. The summed E-state index contributed by atoms with van der Waals surface area (Å²) in [4.78, 5) is 23.2. The first kappa shape index (κ1) is 19.0. The summed E-state index contributed by atoms with van der Waals surface area (Å²) in [6.07, 6.45) is 6.11. The number of carboxylic acids is 1. The molecule has 0 amide bonds. The highest BCUT2D eigenvalue weighted by Gasteiger charge is 2.38. The topological polar surface area (TPSA) is 79.5 Å². The van der Waals surface area contributed by atoms with Crippen molar-refractivity contribution in [2.75, 3.05) is 0 Å². The van der Waals surface area contributed by atoms with Crippen molar-refractivity contribution in [3.8, 4) is 5.75 Å². The van der Waals surface area contributed by atoms with Crippen molar-refractivity contribution in [3.63, 3.8) is 0 Å². The summed E-state index contributed by atoms with van der Waals surface area (Å²) in [7, 11) is 0. The average molecular weight is 389 g/mol. The molecule has 1 aliphatic carbocycles. The summed E-state index contributed by atoms with van der Waals surface area (Å²) in [6.45, 7) is 0. The highest BCUT2D eigenvalue weighted by atomic mass is 16.4. The molecule has 1 saturated carbocycles. The maximum atomic E-state index is 11.9. The van der Waals surface area contributed by atoms with Gasteiger partial charge in [-0.15, -0.1) is 0 Å². The Morgan fingerprint density at radius 1 is 0.897 bits per heavy atom.